The van der Waals surface area contributed by atoms with Gasteiger partial charge < -0.3 is 4.42 Å². The molecule has 1 amide bonds. The summed E-state index contributed by atoms with van der Waals surface area (Å²) >= 11 is 7.02. The lowest BCUT2D eigenvalue weighted by Crippen LogP contribution is -2.13. The number of amides is 1. The zero-order valence-corrected chi connectivity index (χ0v) is 11.9. The molecule has 0 aliphatic rings. The number of nitrogens with zero attached hydrogens (tertiary/aromatic N) is 1. The van der Waals surface area contributed by atoms with Gasteiger partial charge >= 0.3 is 0 Å². The third-order valence-electron chi connectivity index (χ3n) is 2.70. The van der Waals surface area contributed by atoms with Gasteiger partial charge in [-0.3, -0.25) is 10.1 Å². The molecule has 1 N–H and O–H groups in total. The van der Waals surface area contributed by atoms with Crippen LogP contribution in [0.4, 0.5) is 5.13 Å². The Hall–Kier alpha value is -1.33. The topological polar surface area (TPSA) is 55.1 Å². The molecule has 2 aromatic rings. The molecular formula is C12H13ClN2O2S. The summed E-state index contributed by atoms with van der Waals surface area (Å²) in [6.45, 7) is 5.49. The number of hydrogen-bond donors (Lipinski definition) is 1. The molecule has 0 atom stereocenters. The van der Waals surface area contributed by atoms with Crippen LogP contribution in [0, 0.1) is 20.8 Å². The van der Waals surface area contributed by atoms with Gasteiger partial charge in [0.25, 0.3) is 5.91 Å². The van der Waals surface area contributed by atoms with E-state index in [9.17, 15) is 4.79 Å². The number of thiazole rings is 1. The van der Waals surface area contributed by atoms with Crippen LogP contribution in [0.3, 0.4) is 0 Å². The third-order valence-corrected chi connectivity index (χ3v) is 3.78. The Morgan fingerprint density at radius 3 is 2.67 bits per heavy atom. The van der Waals surface area contributed by atoms with E-state index >= 15 is 0 Å². The van der Waals surface area contributed by atoms with Crippen molar-refractivity contribution in [3.8, 4) is 0 Å². The van der Waals surface area contributed by atoms with Gasteiger partial charge in [0.1, 0.15) is 11.5 Å². The monoisotopic (exact) mass is 284 g/mol. The van der Waals surface area contributed by atoms with Gasteiger partial charge in [-0.2, -0.15) is 0 Å². The van der Waals surface area contributed by atoms with Crippen LogP contribution in [0.2, 0.25) is 0 Å². The predicted molar refractivity (Wildman–Crippen MR) is 72.5 cm³/mol. The van der Waals surface area contributed by atoms with Crippen molar-refractivity contribution in [3.63, 3.8) is 0 Å². The Kier molecular flexibility index (Phi) is 3.73. The maximum atomic E-state index is 12.1. The van der Waals surface area contributed by atoms with E-state index in [2.05, 4.69) is 10.3 Å². The van der Waals surface area contributed by atoms with E-state index < -0.39 is 0 Å². The molecule has 6 heteroatoms. The number of hydrogen-bond acceptors (Lipinski definition) is 4. The van der Waals surface area contributed by atoms with E-state index in [0.717, 1.165) is 17.0 Å². The Morgan fingerprint density at radius 2 is 2.17 bits per heavy atom. The van der Waals surface area contributed by atoms with Crippen LogP contribution in [0.25, 0.3) is 0 Å². The van der Waals surface area contributed by atoms with Crippen LogP contribution in [0.15, 0.2) is 9.80 Å². The number of nitrogens with one attached hydrogen (secondary N) is 1. The van der Waals surface area contributed by atoms with Crippen LogP contribution in [0.1, 0.15) is 33.1 Å². The molecule has 0 saturated heterocycles. The molecule has 4 nitrogen and oxygen atoms in total. The highest BCUT2D eigenvalue weighted by molar-refractivity contribution is 7.14. The molecule has 2 rings (SSSR count). The minimum Gasteiger partial charge on any atom is -0.466 e. The molecule has 0 saturated carbocycles. The largest absolute Gasteiger partial charge is 0.466 e. The van der Waals surface area contributed by atoms with E-state index in [4.69, 9.17) is 16.0 Å². The number of anilines is 1. The zero-order chi connectivity index (χ0) is 13.3. The molecule has 0 aromatic carbocycles. The minimum atomic E-state index is -0.197. The van der Waals surface area contributed by atoms with Crippen LogP contribution in [0.5, 0.6) is 0 Å². The van der Waals surface area contributed by atoms with E-state index in [1.807, 2.05) is 19.2 Å². The standard InChI is InChI=1S/C12H13ClN2O2S/c1-6-7(2)17-8(3)10(6)11(16)15-12-14-9(4-13)5-18-12/h5H,4H2,1-3H3,(H,14,15,16). The van der Waals surface area contributed by atoms with E-state index in [0.29, 0.717) is 22.3 Å². The van der Waals surface area contributed by atoms with Gasteiger partial charge in [0, 0.05) is 10.9 Å². The Bertz CT molecular complexity index is 589. The summed E-state index contributed by atoms with van der Waals surface area (Å²) in [6.07, 6.45) is 0. The van der Waals surface area contributed by atoms with Crippen molar-refractivity contribution in [1.29, 1.82) is 0 Å². The molecule has 0 radical (unpaired) electrons. The average Bonchev–Trinajstić information content (AvgIpc) is 2.85. The lowest BCUT2D eigenvalue weighted by molar-refractivity contribution is 0.102. The van der Waals surface area contributed by atoms with Crippen molar-refractivity contribution in [2.24, 2.45) is 0 Å². The van der Waals surface area contributed by atoms with Gasteiger partial charge in [0.2, 0.25) is 0 Å². The SMILES string of the molecule is Cc1oc(C)c(C(=O)Nc2nc(CCl)cs2)c1C. The number of carbonyl (C=O) groups excluding carboxylic acids is 1. The molecule has 0 fully saturated rings. The average molecular weight is 285 g/mol. The van der Waals surface area contributed by atoms with Crippen molar-refractivity contribution in [2.45, 2.75) is 26.7 Å². The Balaban J connectivity index is 2.21. The first kappa shape index (κ1) is 13.1. The van der Waals surface area contributed by atoms with E-state index in [1.54, 1.807) is 6.92 Å². The van der Waals surface area contributed by atoms with Gasteiger partial charge in [-0.1, -0.05) is 0 Å². The lowest BCUT2D eigenvalue weighted by atomic mass is 10.1. The first-order chi connectivity index (χ1) is 8.52. The molecule has 18 heavy (non-hydrogen) atoms. The van der Waals surface area contributed by atoms with Crippen molar-refractivity contribution in [1.82, 2.24) is 4.98 Å². The first-order valence-corrected chi connectivity index (χ1v) is 6.82. The summed E-state index contributed by atoms with van der Waals surface area (Å²) < 4.78 is 5.43. The van der Waals surface area contributed by atoms with E-state index in [1.165, 1.54) is 11.3 Å². The number of aryl methyl sites for hydroxylation is 2. The highest BCUT2D eigenvalue weighted by Gasteiger charge is 2.19. The summed E-state index contributed by atoms with van der Waals surface area (Å²) in [5.74, 6) is 1.53. The number of aromatic nitrogens is 1. The van der Waals surface area contributed by atoms with Gasteiger partial charge in [0.15, 0.2) is 5.13 Å². The Morgan fingerprint density at radius 1 is 1.44 bits per heavy atom. The smallest absolute Gasteiger partial charge is 0.261 e. The van der Waals surface area contributed by atoms with Gasteiger partial charge in [-0.25, -0.2) is 4.98 Å². The van der Waals surface area contributed by atoms with Crippen LogP contribution in [-0.2, 0) is 5.88 Å². The van der Waals surface area contributed by atoms with Crippen molar-refractivity contribution >= 4 is 34.0 Å². The number of carbonyl (C=O) groups is 1. The van der Waals surface area contributed by atoms with Gasteiger partial charge in [0.05, 0.1) is 17.1 Å². The molecule has 2 aromatic heterocycles. The number of alkyl halides is 1. The zero-order valence-electron chi connectivity index (χ0n) is 10.3. The fraction of sp³-hybridized carbons (Fsp3) is 0.333. The van der Waals surface area contributed by atoms with Gasteiger partial charge in [-0.05, 0) is 20.8 Å². The number of furan rings is 1. The lowest BCUT2D eigenvalue weighted by Gasteiger charge is -2.01. The third kappa shape index (κ3) is 2.42. The summed E-state index contributed by atoms with van der Waals surface area (Å²) in [6, 6.07) is 0. The second-order valence-electron chi connectivity index (χ2n) is 3.95. The molecule has 96 valence electrons. The van der Waals surface area contributed by atoms with Crippen molar-refractivity contribution < 1.29 is 9.21 Å². The number of rotatable bonds is 3. The van der Waals surface area contributed by atoms with E-state index in [-0.39, 0.29) is 5.91 Å². The quantitative estimate of drug-likeness (QED) is 0.875. The van der Waals surface area contributed by atoms with Crippen molar-refractivity contribution in [2.75, 3.05) is 5.32 Å². The highest BCUT2D eigenvalue weighted by Crippen LogP contribution is 2.23. The normalized spacial score (nSPS) is 10.7. The van der Waals surface area contributed by atoms with Crippen LogP contribution in [-0.4, -0.2) is 10.9 Å². The molecule has 2 heterocycles. The Labute approximate surface area is 114 Å². The predicted octanol–water partition coefficient (Wildman–Crippen LogP) is 3.65. The van der Waals surface area contributed by atoms with Crippen LogP contribution < -0.4 is 5.32 Å². The number of halogens is 1. The summed E-state index contributed by atoms with van der Waals surface area (Å²) in [5.41, 5.74) is 2.20. The summed E-state index contributed by atoms with van der Waals surface area (Å²) in [5, 5.41) is 5.13. The first-order valence-electron chi connectivity index (χ1n) is 5.41. The van der Waals surface area contributed by atoms with Crippen molar-refractivity contribution in [3.05, 3.63) is 33.7 Å². The fourth-order valence-electron chi connectivity index (χ4n) is 1.71. The molecular weight excluding hydrogens is 272 g/mol. The maximum Gasteiger partial charge on any atom is 0.261 e. The molecule has 0 spiro atoms. The fourth-order valence-corrected chi connectivity index (χ4v) is 2.65. The molecule has 0 aliphatic heterocycles. The minimum absolute atomic E-state index is 0.197. The highest BCUT2D eigenvalue weighted by atomic mass is 35.5. The molecule has 0 unspecified atom stereocenters. The van der Waals surface area contributed by atoms with Gasteiger partial charge in [-0.15, -0.1) is 22.9 Å². The second-order valence-corrected chi connectivity index (χ2v) is 5.07. The molecule has 0 bridgehead atoms. The second kappa shape index (κ2) is 5.12. The maximum absolute atomic E-state index is 12.1. The summed E-state index contributed by atoms with van der Waals surface area (Å²) in [7, 11) is 0. The van der Waals surface area contributed by atoms with Crippen LogP contribution >= 0.6 is 22.9 Å². The molecule has 0 aliphatic carbocycles. The summed E-state index contributed by atoms with van der Waals surface area (Å²) in [4.78, 5) is 16.3.